The van der Waals surface area contributed by atoms with Gasteiger partial charge in [-0.3, -0.25) is 0 Å². The third-order valence-corrected chi connectivity index (χ3v) is 4.27. The number of aromatic amines is 1. The molecular formula is C19H16N6O3. The zero-order valence-electron chi connectivity index (χ0n) is 15.1. The fraction of sp³-hybridized carbons (Fsp3) is 0.105. The van der Waals surface area contributed by atoms with Crippen molar-refractivity contribution >= 4 is 17.6 Å². The Morgan fingerprint density at radius 1 is 1.14 bits per heavy atom. The van der Waals surface area contributed by atoms with Crippen LogP contribution < -0.4 is 11.4 Å². The van der Waals surface area contributed by atoms with Crippen LogP contribution in [0.1, 0.15) is 16.2 Å². The second-order valence-corrected chi connectivity index (χ2v) is 6.12. The highest BCUT2D eigenvalue weighted by atomic mass is 16.5. The molecule has 0 saturated carbocycles. The lowest BCUT2D eigenvalue weighted by atomic mass is 9.99. The second kappa shape index (κ2) is 6.62. The molecule has 4 rings (SSSR count). The van der Waals surface area contributed by atoms with E-state index in [0.717, 1.165) is 5.56 Å². The van der Waals surface area contributed by atoms with Gasteiger partial charge in [0.2, 0.25) is 5.95 Å². The van der Waals surface area contributed by atoms with Crippen molar-refractivity contribution in [2.45, 2.75) is 6.92 Å². The third-order valence-electron chi connectivity index (χ3n) is 4.27. The molecule has 0 radical (unpaired) electrons. The highest BCUT2D eigenvalue weighted by molar-refractivity contribution is 5.94. The summed E-state index contributed by atoms with van der Waals surface area (Å²) in [6.07, 6.45) is 0. The monoisotopic (exact) mass is 376 g/mol. The summed E-state index contributed by atoms with van der Waals surface area (Å²) in [5.74, 6) is -0.555. The number of methoxy groups -OCH3 is 1. The van der Waals surface area contributed by atoms with E-state index in [1.165, 1.54) is 11.5 Å². The summed E-state index contributed by atoms with van der Waals surface area (Å²) in [5, 5.41) is 6.53. The van der Waals surface area contributed by atoms with Crippen LogP contribution in [0, 0.1) is 6.92 Å². The predicted molar refractivity (Wildman–Crippen MR) is 103 cm³/mol. The van der Waals surface area contributed by atoms with E-state index in [-0.39, 0.29) is 11.6 Å². The van der Waals surface area contributed by atoms with Gasteiger partial charge in [0.1, 0.15) is 5.69 Å². The Morgan fingerprint density at radius 3 is 2.61 bits per heavy atom. The number of hydrogen-bond acceptors (Lipinski definition) is 7. The molecule has 0 aliphatic carbocycles. The molecular weight excluding hydrogens is 360 g/mol. The summed E-state index contributed by atoms with van der Waals surface area (Å²) in [5.41, 5.74) is 9.06. The number of nitrogens with two attached hydrogens (primary N) is 1. The Labute approximate surface area is 158 Å². The first-order chi connectivity index (χ1) is 13.5. The molecule has 0 bridgehead atoms. The van der Waals surface area contributed by atoms with Crippen LogP contribution in [-0.4, -0.2) is 37.6 Å². The van der Waals surface area contributed by atoms with Gasteiger partial charge in [-0.05, 0) is 24.6 Å². The number of benzene rings is 1. The van der Waals surface area contributed by atoms with Crippen LogP contribution in [0.5, 0.6) is 0 Å². The first kappa shape index (κ1) is 17.4. The van der Waals surface area contributed by atoms with E-state index in [9.17, 15) is 9.59 Å². The minimum atomic E-state index is -0.565. The SMILES string of the molecule is COC(=O)c1cc(-c2c(-c3ccccc3)nc(N)n3c(=O)[nH]nc23)cc(C)n1. The van der Waals surface area contributed by atoms with Crippen LogP contribution in [0.15, 0.2) is 47.3 Å². The zero-order chi connectivity index (χ0) is 19.8. The van der Waals surface area contributed by atoms with Crippen LogP contribution in [0.4, 0.5) is 5.95 Å². The lowest BCUT2D eigenvalue weighted by Gasteiger charge is -2.13. The van der Waals surface area contributed by atoms with E-state index in [2.05, 4.69) is 20.2 Å². The Balaban J connectivity index is 2.11. The van der Waals surface area contributed by atoms with E-state index < -0.39 is 11.7 Å². The lowest BCUT2D eigenvalue weighted by molar-refractivity contribution is 0.0594. The summed E-state index contributed by atoms with van der Waals surface area (Å²) in [4.78, 5) is 32.9. The molecule has 0 saturated heterocycles. The van der Waals surface area contributed by atoms with Crippen LogP contribution in [0.25, 0.3) is 28.0 Å². The molecule has 1 aromatic carbocycles. The van der Waals surface area contributed by atoms with Gasteiger partial charge in [-0.2, -0.15) is 5.10 Å². The van der Waals surface area contributed by atoms with Gasteiger partial charge in [-0.1, -0.05) is 30.3 Å². The molecule has 0 unspecified atom stereocenters. The van der Waals surface area contributed by atoms with Crippen LogP contribution in [-0.2, 0) is 4.74 Å². The first-order valence-corrected chi connectivity index (χ1v) is 8.39. The fourth-order valence-corrected chi connectivity index (χ4v) is 3.10. The second-order valence-electron chi connectivity index (χ2n) is 6.12. The molecule has 3 heterocycles. The molecule has 0 aliphatic rings. The number of nitrogens with zero attached hydrogens (tertiary/aromatic N) is 4. The largest absolute Gasteiger partial charge is 0.464 e. The molecule has 0 spiro atoms. The maximum Gasteiger partial charge on any atom is 0.356 e. The number of carbonyl (C=O) groups is 1. The smallest absolute Gasteiger partial charge is 0.356 e. The number of anilines is 1. The predicted octanol–water partition coefficient (Wildman–Crippen LogP) is 1.82. The Kier molecular flexibility index (Phi) is 4.11. The minimum Gasteiger partial charge on any atom is -0.464 e. The molecule has 140 valence electrons. The Hall–Kier alpha value is -4.01. The van der Waals surface area contributed by atoms with Crippen molar-refractivity contribution in [1.82, 2.24) is 24.6 Å². The van der Waals surface area contributed by atoms with Crippen molar-refractivity contribution < 1.29 is 9.53 Å². The van der Waals surface area contributed by atoms with Crippen molar-refractivity contribution in [2.75, 3.05) is 12.8 Å². The zero-order valence-corrected chi connectivity index (χ0v) is 15.1. The molecule has 0 amide bonds. The van der Waals surface area contributed by atoms with Gasteiger partial charge in [0, 0.05) is 11.3 Å². The molecule has 9 nitrogen and oxygen atoms in total. The number of nitrogen functional groups attached to an aromatic ring is 1. The van der Waals surface area contributed by atoms with Crippen molar-refractivity contribution in [3.63, 3.8) is 0 Å². The number of aromatic nitrogens is 5. The number of hydrogen-bond donors (Lipinski definition) is 2. The molecule has 0 fully saturated rings. The average molecular weight is 376 g/mol. The van der Waals surface area contributed by atoms with Gasteiger partial charge in [-0.15, -0.1) is 0 Å². The molecule has 3 aromatic heterocycles. The van der Waals surface area contributed by atoms with Crippen LogP contribution in [0.2, 0.25) is 0 Å². The number of aryl methyl sites for hydroxylation is 1. The number of nitrogens with one attached hydrogen (secondary N) is 1. The van der Waals surface area contributed by atoms with Gasteiger partial charge in [0.15, 0.2) is 5.65 Å². The van der Waals surface area contributed by atoms with E-state index in [4.69, 9.17) is 10.5 Å². The van der Waals surface area contributed by atoms with Crippen molar-refractivity contribution in [1.29, 1.82) is 0 Å². The van der Waals surface area contributed by atoms with E-state index in [1.807, 2.05) is 30.3 Å². The summed E-state index contributed by atoms with van der Waals surface area (Å²) >= 11 is 0. The molecule has 3 N–H and O–H groups in total. The molecule has 28 heavy (non-hydrogen) atoms. The van der Waals surface area contributed by atoms with E-state index >= 15 is 0 Å². The van der Waals surface area contributed by atoms with Gasteiger partial charge >= 0.3 is 11.7 Å². The molecule has 4 aromatic rings. The number of pyridine rings is 1. The highest BCUT2D eigenvalue weighted by Crippen LogP contribution is 2.34. The van der Waals surface area contributed by atoms with Crippen LogP contribution >= 0.6 is 0 Å². The topological polar surface area (TPSA) is 128 Å². The fourth-order valence-electron chi connectivity index (χ4n) is 3.10. The Morgan fingerprint density at radius 2 is 1.89 bits per heavy atom. The van der Waals surface area contributed by atoms with Gasteiger partial charge in [-0.25, -0.2) is 29.1 Å². The number of H-pyrrole nitrogens is 1. The summed E-state index contributed by atoms with van der Waals surface area (Å²) < 4.78 is 5.98. The Bertz CT molecular complexity index is 1260. The van der Waals surface area contributed by atoms with Crippen LogP contribution in [0.3, 0.4) is 0 Å². The molecule has 9 heteroatoms. The normalized spacial score (nSPS) is 10.9. The summed E-state index contributed by atoms with van der Waals surface area (Å²) in [6.45, 7) is 1.76. The van der Waals surface area contributed by atoms with Gasteiger partial charge in [0.25, 0.3) is 0 Å². The minimum absolute atomic E-state index is 0.00956. The molecule has 0 atom stereocenters. The van der Waals surface area contributed by atoms with E-state index in [0.29, 0.717) is 28.2 Å². The number of ether oxygens (including phenoxy) is 1. The maximum absolute atomic E-state index is 12.2. The summed E-state index contributed by atoms with van der Waals surface area (Å²) in [7, 11) is 1.29. The molecule has 0 aliphatic heterocycles. The summed E-state index contributed by atoms with van der Waals surface area (Å²) in [6, 6.07) is 12.7. The first-order valence-electron chi connectivity index (χ1n) is 8.39. The standard InChI is InChI=1S/C19H16N6O3/c1-10-8-12(9-13(21-10)17(26)28-2)14-15(11-6-4-3-5-7-11)22-18(20)25-16(14)23-24-19(25)27/h3-9H,1-2H3,(H2,20,22)(H,24,27). The number of esters is 1. The van der Waals surface area contributed by atoms with Gasteiger partial charge in [0.05, 0.1) is 18.4 Å². The van der Waals surface area contributed by atoms with Crippen molar-refractivity contribution in [2.24, 2.45) is 0 Å². The number of rotatable bonds is 3. The lowest BCUT2D eigenvalue weighted by Crippen LogP contribution is -2.15. The van der Waals surface area contributed by atoms with Crippen molar-refractivity contribution in [3.05, 3.63) is 64.3 Å². The average Bonchev–Trinajstić information content (AvgIpc) is 3.09. The highest BCUT2D eigenvalue weighted by Gasteiger charge is 2.21. The van der Waals surface area contributed by atoms with Crippen molar-refractivity contribution in [3.8, 4) is 22.4 Å². The quantitative estimate of drug-likeness (QED) is 0.522. The third kappa shape index (κ3) is 2.78. The number of fused-ring (bicyclic) bond motifs is 1. The van der Waals surface area contributed by atoms with E-state index in [1.54, 1.807) is 19.1 Å². The number of carbonyl (C=O) groups excluding carboxylic acids is 1. The van der Waals surface area contributed by atoms with Gasteiger partial charge < -0.3 is 10.5 Å². The maximum atomic E-state index is 12.2.